The van der Waals surface area contributed by atoms with E-state index in [0.717, 1.165) is 53.2 Å². The molecule has 0 bridgehead atoms. The second-order valence-corrected chi connectivity index (χ2v) is 8.42. The van der Waals surface area contributed by atoms with Crippen molar-refractivity contribution in [2.45, 2.75) is 44.6 Å². The standard InChI is InChI=1S/C20H18N6OS/c1-4-13-14(5-1)28-20-16(13)18(23-17(24-20)12-3-2-8-21-9-12)22-10-15-25-26-19(27-15)11-6-7-11/h2-3,8-9,11H,1,4-7,10H2,(H,22,23,24). The Kier molecular flexibility index (Phi) is 3.65. The van der Waals surface area contributed by atoms with E-state index < -0.39 is 0 Å². The number of fused-ring (bicyclic) bond motifs is 3. The molecule has 0 atom stereocenters. The predicted molar refractivity (Wildman–Crippen MR) is 106 cm³/mol. The van der Waals surface area contributed by atoms with Gasteiger partial charge in [0.25, 0.3) is 0 Å². The van der Waals surface area contributed by atoms with Crippen molar-refractivity contribution in [1.29, 1.82) is 0 Å². The predicted octanol–water partition coefficient (Wildman–Crippen LogP) is 4.11. The number of anilines is 1. The fourth-order valence-electron chi connectivity index (χ4n) is 3.74. The average molecular weight is 390 g/mol. The maximum absolute atomic E-state index is 5.79. The third kappa shape index (κ3) is 2.75. The van der Waals surface area contributed by atoms with Crippen LogP contribution in [0.15, 0.2) is 28.9 Å². The first-order chi connectivity index (χ1) is 13.8. The van der Waals surface area contributed by atoms with Crippen LogP contribution in [0.2, 0.25) is 0 Å². The minimum atomic E-state index is 0.461. The Balaban J connectivity index is 1.39. The summed E-state index contributed by atoms with van der Waals surface area (Å²) in [7, 11) is 0. The molecular formula is C20H18N6OS. The van der Waals surface area contributed by atoms with Crippen LogP contribution in [0.4, 0.5) is 5.82 Å². The molecule has 4 aromatic rings. The van der Waals surface area contributed by atoms with Crippen LogP contribution in [0.3, 0.4) is 0 Å². The van der Waals surface area contributed by atoms with Gasteiger partial charge in [0, 0.05) is 28.8 Å². The lowest BCUT2D eigenvalue weighted by Gasteiger charge is -2.09. The Morgan fingerprint density at radius 2 is 2.14 bits per heavy atom. The van der Waals surface area contributed by atoms with Gasteiger partial charge in [-0.25, -0.2) is 9.97 Å². The zero-order valence-corrected chi connectivity index (χ0v) is 16.0. The van der Waals surface area contributed by atoms with Crippen LogP contribution in [-0.4, -0.2) is 25.1 Å². The van der Waals surface area contributed by atoms with Crippen molar-refractivity contribution in [3.63, 3.8) is 0 Å². The molecule has 4 heterocycles. The van der Waals surface area contributed by atoms with Gasteiger partial charge in [-0.3, -0.25) is 4.98 Å². The van der Waals surface area contributed by atoms with Crippen molar-refractivity contribution in [1.82, 2.24) is 25.1 Å². The summed E-state index contributed by atoms with van der Waals surface area (Å²) in [4.78, 5) is 16.4. The molecule has 1 N–H and O–H groups in total. The number of thiophene rings is 1. The Morgan fingerprint density at radius 3 is 3.00 bits per heavy atom. The van der Waals surface area contributed by atoms with E-state index in [-0.39, 0.29) is 0 Å². The zero-order chi connectivity index (χ0) is 18.5. The molecule has 0 unspecified atom stereocenters. The van der Waals surface area contributed by atoms with Crippen LogP contribution >= 0.6 is 11.3 Å². The summed E-state index contributed by atoms with van der Waals surface area (Å²) in [5.41, 5.74) is 2.30. The largest absolute Gasteiger partial charge is 0.423 e. The quantitative estimate of drug-likeness (QED) is 0.548. The molecule has 0 saturated heterocycles. The van der Waals surface area contributed by atoms with Gasteiger partial charge < -0.3 is 9.73 Å². The number of pyridine rings is 1. The second-order valence-electron chi connectivity index (χ2n) is 7.34. The van der Waals surface area contributed by atoms with Crippen LogP contribution in [0, 0.1) is 0 Å². The number of rotatable bonds is 5. The molecule has 4 aromatic heterocycles. The second kappa shape index (κ2) is 6.34. The summed E-state index contributed by atoms with van der Waals surface area (Å²) in [5.74, 6) is 3.35. The highest BCUT2D eigenvalue weighted by Gasteiger charge is 2.29. The van der Waals surface area contributed by atoms with E-state index in [9.17, 15) is 0 Å². The fraction of sp³-hybridized carbons (Fsp3) is 0.350. The van der Waals surface area contributed by atoms with Gasteiger partial charge in [0.1, 0.15) is 10.6 Å². The third-order valence-corrected chi connectivity index (χ3v) is 6.49. The summed E-state index contributed by atoms with van der Waals surface area (Å²) in [6.07, 6.45) is 9.28. The average Bonchev–Trinajstić information content (AvgIpc) is 3.13. The first kappa shape index (κ1) is 16.1. The summed E-state index contributed by atoms with van der Waals surface area (Å²) in [6.45, 7) is 0.461. The number of hydrogen-bond donors (Lipinski definition) is 1. The topological polar surface area (TPSA) is 89.6 Å². The lowest BCUT2D eigenvalue weighted by molar-refractivity contribution is 0.457. The molecule has 0 aliphatic heterocycles. The molecule has 7 nitrogen and oxygen atoms in total. The minimum Gasteiger partial charge on any atom is -0.423 e. The molecule has 0 radical (unpaired) electrons. The Labute approximate surface area is 165 Å². The van der Waals surface area contributed by atoms with Crippen LogP contribution in [0.25, 0.3) is 21.6 Å². The maximum atomic E-state index is 5.79. The number of hydrogen-bond acceptors (Lipinski definition) is 8. The van der Waals surface area contributed by atoms with Crippen LogP contribution in [-0.2, 0) is 19.4 Å². The molecule has 2 aliphatic carbocycles. The number of nitrogens with zero attached hydrogens (tertiary/aromatic N) is 5. The van der Waals surface area contributed by atoms with Gasteiger partial charge in [0.2, 0.25) is 11.8 Å². The molecule has 140 valence electrons. The highest BCUT2D eigenvalue weighted by atomic mass is 32.1. The lowest BCUT2D eigenvalue weighted by atomic mass is 10.2. The summed E-state index contributed by atoms with van der Waals surface area (Å²) in [6, 6.07) is 3.89. The van der Waals surface area contributed by atoms with Gasteiger partial charge in [-0.2, -0.15) is 0 Å². The smallest absolute Gasteiger partial charge is 0.235 e. The van der Waals surface area contributed by atoms with E-state index in [1.54, 1.807) is 23.7 Å². The van der Waals surface area contributed by atoms with Gasteiger partial charge >= 0.3 is 0 Å². The van der Waals surface area contributed by atoms with E-state index in [1.807, 2.05) is 12.1 Å². The number of aryl methyl sites for hydroxylation is 2. The van der Waals surface area contributed by atoms with E-state index >= 15 is 0 Å². The van der Waals surface area contributed by atoms with Gasteiger partial charge in [0.05, 0.1) is 11.9 Å². The van der Waals surface area contributed by atoms with Gasteiger partial charge in [-0.15, -0.1) is 21.5 Å². The number of aromatic nitrogens is 5. The SMILES string of the molecule is c1cncc(-c2nc(NCc3nnc(C4CC4)o3)c3c4c(sc3n2)CCC4)c1. The van der Waals surface area contributed by atoms with Crippen LogP contribution < -0.4 is 5.32 Å². The summed E-state index contributed by atoms with van der Waals surface area (Å²) < 4.78 is 5.79. The Hall–Kier alpha value is -2.87. The van der Waals surface area contributed by atoms with Crippen molar-refractivity contribution >= 4 is 27.4 Å². The molecular weight excluding hydrogens is 372 g/mol. The fourth-order valence-corrected chi connectivity index (χ4v) is 5.00. The summed E-state index contributed by atoms with van der Waals surface area (Å²) >= 11 is 1.78. The monoisotopic (exact) mass is 390 g/mol. The zero-order valence-electron chi connectivity index (χ0n) is 15.2. The molecule has 6 rings (SSSR count). The van der Waals surface area contributed by atoms with Gasteiger partial charge in [-0.1, -0.05) is 0 Å². The first-order valence-corrected chi connectivity index (χ1v) is 10.5. The molecule has 8 heteroatoms. The van der Waals surface area contributed by atoms with Crippen molar-refractivity contribution in [2.75, 3.05) is 5.32 Å². The van der Waals surface area contributed by atoms with E-state index in [4.69, 9.17) is 14.4 Å². The normalized spacial score (nSPS) is 15.9. The minimum absolute atomic E-state index is 0.461. The maximum Gasteiger partial charge on any atom is 0.235 e. The highest BCUT2D eigenvalue weighted by molar-refractivity contribution is 7.19. The third-order valence-electron chi connectivity index (χ3n) is 5.30. The molecule has 2 aliphatic rings. The van der Waals surface area contributed by atoms with E-state index in [1.165, 1.54) is 16.9 Å². The van der Waals surface area contributed by atoms with E-state index in [0.29, 0.717) is 24.2 Å². The molecule has 0 aromatic carbocycles. The number of nitrogens with one attached hydrogen (secondary N) is 1. The molecule has 0 amide bonds. The lowest BCUT2D eigenvalue weighted by Crippen LogP contribution is -2.04. The van der Waals surface area contributed by atoms with Crippen molar-refractivity contribution < 1.29 is 4.42 Å². The van der Waals surface area contributed by atoms with Crippen molar-refractivity contribution in [3.05, 3.63) is 46.7 Å². The molecule has 0 spiro atoms. The van der Waals surface area contributed by atoms with Gasteiger partial charge in [0.15, 0.2) is 5.82 Å². The van der Waals surface area contributed by atoms with Crippen molar-refractivity contribution in [3.8, 4) is 11.4 Å². The molecule has 1 saturated carbocycles. The Morgan fingerprint density at radius 1 is 1.18 bits per heavy atom. The molecule has 1 fully saturated rings. The van der Waals surface area contributed by atoms with E-state index in [2.05, 4.69) is 20.5 Å². The van der Waals surface area contributed by atoms with Crippen LogP contribution in [0.5, 0.6) is 0 Å². The summed E-state index contributed by atoms with van der Waals surface area (Å²) in [5, 5.41) is 12.9. The molecule has 28 heavy (non-hydrogen) atoms. The Bertz CT molecular complexity index is 1160. The first-order valence-electron chi connectivity index (χ1n) is 9.64. The van der Waals surface area contributed by atoms with Crippen molar-refractivity contribution in [2.24, 2.45) is 0 Å². The van der Waals surface area contributed by atoms with Crippen LogP contribution in [0.1, 0.15) is 47.4 Å². The highest BCUT2D eigenvalue weighted by Crippen LogP contribution is 2.41. The van der Waals surface area contributed by atoms with Gasteiger partial charge in [-0.05, 0) is 49.8 Å².